The molecule has 0 aliphatic heterocycles. The zero-order valence-corrected chi connectivity index (χ0v) is 13.1. The number of pyridine rings is 1. The molecule has 1 aromatic carbocycles. The molecule has 0 saturated carbocycles. The highest BCUT2D eigenvalue weighted by molar-refractivity contribution is 9.10. The largest absolute Gasteiger partial charge is 0.319 e. The van der Waals surface area contributed by atoms with E-state index in [1.165, 1.54) is 6.20 Å². The molecular formula is C12H6BrCl3N2O. The minimum Gasteiger partial charge on any atom is -0.319 e. The highest BCUT2D eigenvalue weighted by atomic mass is 79.9. The van der Waals surface area contributed by atoms with E-state index in [4.69, 9.17) is 34.8 Å². The third kappa shape index (κ3) is 3.39. The van der Waals surface area contributed by atoms with Gasteiger partial charge in [-0.2, -0.15) is 0 Å². The molecule has 0 radical (unpaired) electrons. The van der Waals surface area contributed by atoms with Crippen molar-refractivity contribution in [2.45, 2.75) is 0 Å². The summed E-state index contributed by atoms with van der Waals surface area (Å²) in [5.41, 5.74) is 0.568. The van der Waals surface area contributed by atoms with E-state index in [0.29, 0.717) is 10.2 Å². The zero-order chi connectivity index (χ0) is 14.0. The van der Waals surface area contributed by atoms with Crippen LogP contribution >= 0.6 is 50.7 Å². The first-order valence-electron chi connectivity index (χ1n) is 5.05. The smallest absolute Gasteiger partial charge is 0.258 e. The monoisotopic (exact) mass is 378 g/mol. The van der Waals surface area contributed by atoms with E-state index in [9.17, 15) is 4.79 Å². The quantitative estimate of drug-likeness (QED) is 0.740. The summed E-state index contributed by atoms with van der Waals surface area (Å²) in [6, 6.07) is 6.47. The van der Waals surface area contributed by atoms with E-state index < -0.39 is 5.91 Å². The number of carbonyl (C=O) groups is 1. The van der Waals surface area contributed by atoms with E-state index in [-0.39, 0.29) is 20.8 Å². The number of hydrogen-bond acceptors (Lipinski definition) is 2. The maximum absolute atomic E-state index is 12.1. The Labute approximate surface area is 133 Å². The second kappa shape index (κ2) is 6.09. The molecule has 0 saturated heterocycles. The molecule has 0 fully saturated rings. The number of rotatable bonds is 2. The van der Waals surface area contributed by atoms with Gasteiger partial charge in [0.15, 0.2) is 5.15 Å². The van der Waals surface area contributed by atoms with Crippen LogP contribution < -0.4 is 5.32 Å². The Kier molecular flexibility index (Phi) is 4.68. The topological polar surface area (TPSA) is 42.0 Å². The molecule has 0 aliphatic carbocycles. The van der Waals surface area contributed by atoms with Crippen LogP contribution in [0.25, 0.3) is 0 Å². The average Bonchev–Trinajstić information content (AvgIpc) is 2.33. The second-order valence-electron chi connectivity index (χ2n) is 3.54. The van der Waals surface area contributed by atoms with Crippen molar-refractivity contribution in [2.75, 3.05) is 5.32 Å². The molecule has 0 unspecified atom stereocenters. The van der Waals surface area contributed by atoms with Crippen molar-refractivity contribution >= 4 is 62.3 Å². The van der Waals surface area contributed by atoms with E-state index in [0.717, 1.165) is 0 Å². The second-order valence-corrected chi connectivity index (χ2v) is 5.63. The number of benzene rings is 1. The molecule has 1 amide bonds. The van der Waals surface area contributed by atoms with Crippen molar-refractivity contribution in [3.05, 3.63) is 55.7 Å². The van der Waals surface area contributed by atoms with Gasteiger partial charge in [-0.1, -0.05) is 40.9 Å². The summed E-state index contributed by atoms with van der Waals surface area (Å²) in [5, 5.41) is 3.33. The highest BCUT2D eigenvalue weighted by Gasteiger charge is 2.16. The Morgan fingerprint density at radius 2 is 1.84 bits per heavy atom. The van der Waals surface area contributed by atoms with Crippen LogP contribution in [-0.2, 0) is 0 Å². The Balaban J connectivity index is 2.34. The number of hydrogen-bond donors (Lipinski definition) is 1. The van der Waals surface area contributed by atoms with E-state index >= 15 is 0 Å². The van der Waals surface area contributed by atoms with Gasteiger partial charge in [-0.15, -0.1) is 0 Å². The van der Waals surface area contributed by atoms with Crippen LogP contribution in [0.4, 0.5) is 5.69 Å². The first-order chi connectivity index (χ1) is 8.99. The number of nitrogens with zero attached hydrogens (tertiary/aromatic N) is 1. The molecule has 0 aliphatic rings. The summed E-state index contributed by atoms with van der Waals surface area (Å²) >= 11 is 21.1. The van der Waals surface area contributed by atoms with Crippen molar-refractivity contribution in [1.29, 1.82) is 0 Å². The van der Waals surface area contributed by atoms with Gasteiger partial charge in [0.05, 0.1) is 21.3 Å². The third-order valence-corrected chi connectivity index (χ3v) is 3.61. The average molecular weight is 380 g/mol. The summed E-state index contributed by atoms with van der Waals surface area (Å²) in [4.78, 5) is 16.0. The first-order valence-corrected chi connectivity index (χ1v) is 6.98. The van der Waals surface area contributed by atoms with Crippen LogP contribution in [0.3, 0.4) is 0 Å². The third-order valence-electron chi connectivity index (χ3n) is 2.24. The standard InChI is InChI=1S/C12H6BrCl3N2O/c13-6-4-9(11(16)17-5-6)18-12(19)10-7(14)2-1-3-8(10)15/h1-5H,(H,18,19). The zero-order valence-electron chi connectivity index (χ0n) is 9.25. The lowest BCUT2D eigenvalue weighted by molar-refractivity contribution is 0.102. The maximum atomic E-state index is 12.1. The number of amides is 1. The lowest BCUT2D eigenvalue weighted by Gasteiger charge is -2.09. The van der Waals surface area contributed by atoms with E-state index in [2.05, 4.69) is 26.2 Å². The molecule has 2 rings (SSSR count). The number of halogens is 4. The Bertz CT molecular complexity index is 629. The predicted molar refractivity (Wildman–Crippen MR) is 81.4 cm³/mol. The molecule has 19 heavy (non-hydrogen) atoms. The molecule has 7 heteroatoms. The Morgan fingerprint density at radius 1 is 1.21 bits per heavy atom. The normalized spacial score (nSPS) is 10.3. The molecule has 1 heterocycles. The minimum atomic E-state index is -0.447. The molecule has 2 aromatic rings. The van der Waals surface area contributed by atoms with Crippen LogP contribution in [0.2, 0.25) is 15.2 Å². The SMILES string of the molecule is O=C(Nc1cc(Br)cnc1Cl)c1c(Cl)cccc1Cl. The Hall–Kier alpha value is -0.810. The van der Waals surface area contributed by atoms with E-state index in [1.807, 2.05) is 0 Å². The maximum Gasteiger partial charge on any atom is 0.258 e. The molecule has 98 valence electrons. The predicted octanol–water partition coefficient (Wildman–Crippen LogP) is 5.06. The molecule has 0 bridgehead atoms. The van der Waals surface area contributed by atoms with Crippen molar-refractivity contribution < 1.29 is 4.79 Å². The van der Waals surface area contributed by atoms with Crippen molar-refractivity contribution in [3.63, 3.8) is 0 Å². The molecular weight excluding hydrogens is 374 g/mol. The fourth-order valence-electron chi connectivity index (χ4n) is 1.41. The summed E-state index contributed by atoms with van der Waals surface area (Å²) in [6.07, 6.45) is 1.53. The summed E-state index contributed by atoms with van der Waals surface area (Å²) in [6.45, 7) is 0. The van der Waals surface area contributed by atoms with Crippen LogP contribution in [0.5, 0.6) is 0 Å². The number of aromatic nitrogens is 1. The van der Waals surface area contributed by atoms with Crippen molar-refractivity contribution in [2.24, 2.45) is 0 Å². The molecule has 0 spiro atoms. The molecule has 0 atom stereocenters. The fraction of sp³-hybridized carbons (Fsp3) is 0. The number of carbonyl (C=O) groups excluding carboxylic acids is 1. The molecule has 3 nitrogen and oxygen atoms in total. The fourth-order valence-corrected chi connectivity index (χ4v) is 2.46. The van der Waals surface area contributed by atoms with Crippen LogP contribution in [0.1, 0.15) is 10.4 Å². The van der Waals surface area contributed by atoms with Gasteiger partial charge >= 0.3 is 0 Å². The van der Waals surface area contributed by atoms with Gasteiger partial charge in [0.2, 0.25) is 0 Å². The highest BCUT2D eigenvalue weighted by Crippen LogP contribution is 2.27. The summed E-state index contributed by atoms with van der Waals surface area (Å²) < 4.78 is 0.692. The van der Waals surface area contributed by atoms with Crippen LogP contribution in [0, 0.1) is 0 Å². The van der Waals surface area contributed by atoms with Gasteiger partial charge in [0.25, 0.3) is 5.91 Å². The van der Waals surface area contributed by atoms with Gasteiger partial charge in [-0.3, -0.25) is 4.79 Å². The summed E-state index contributed by atoms with van der Waals surface area (Å²) in [5.74, 6) is -0.447. The van der Waals surface area contributed by atoms with Crippen molar-refractivity contribution in [1.82, 2.24) is 4.98 Å². The van der Waals surface area contributed by atoms with Gasteiger partial charge in [-0.05, 0) is 34.1 Å². The summed E-state index contributed by atoms with van der Waals surface area (Å²) in [7, 11) is 0. The van der Waals surface area contributed by atoms with Crippen LogP contribution in [0.15, 0.2) is 34.9 Å². The van der Waals surface area contributed by atoms with Gasteiger partial charge in [-0.25, -0.2) is 4.98 Å². The van der Waals surface area contributed by atoms with Gasteiger partial charge in [0, 0.05) is 10.7 Å². The van der Waals surface area contributed by atoms with Crippen LogP contribution in [-0.4, -0.2) is 10.9 Å². The van der Waals surface area contributed by atoms with Crippen molar-refractivity contribution in [3.8, 4) is 0 Å². The lowest BCUT2D eigenvalue weighted by atomic mass is 10.2. The molecule has 1 N–H and O–H groups in total. The minimum absolute atomic E-state index is 0.180. The number of nitrogens with one attached hydrogen (secondary N) is 1. The van der Waals surface area contributed by atoms with E-state index in [1.54, 1.807) is 24.3 Å². The van der Waals surface area contributed by atoms with Gasteiger partial charge in [0.1, 0.15) is 0 Å². The Morgan fingerprint density at radius 3 is 2.47 bits per heavy atom. The van der Waals surface area contributed by atoms with Gasteiger partial charge < -0.3 is 5.32 Å². The molecule has 1 aromatic heterocycles. The first kappa shape index (κ1) is 14.6. The number of anilines is 1. The lowest BCUT2D eigenvalue weighted by Crippen LogP contribution is -2.13.